The Kier molecular flexibility index (Phi) is 2.53. The summed E-state index contributed by atoms with van der Waals surface area (Å²) in [5.41, 5.74) is 2.54. The van der Waals surface area contributed by atoms with Crippen molar-refractivity contribution in [2.24, 2.45) is 0 Å². The molecular formula is C13H16N2O3S. The normalized spacial score (nSPS) is 23.7. The SMILES string of the molecule is CC1(C)C(=O)N(c2cccc3c2CNCC3)S1(=O)=O. The lowest BCUT2D eigenvalue weighted by atomic mass is 9.99. The zero-order chi connectivity index (χ0) is 13.8. The molecule has 2 aliphatic rings. The van der Waals surface area contributed by atoms with Gasteiger partial charge >= 0.3 is 0 Å². The van der Waals surface area contributed by atoms with Gasteiger partial charge in [-0.25, -0.2) is 12.7 Å². The van der Waals surface area contributed by atoms with Crippen LogP contribution in [0.15, 0.2) is 18.2 Å². The van der Waals surface area contributed by atoms with Crippen molar-refractivity contribution in [1.29, 1.82) is 0 Å². The summed E-state index contributed by atoms with van der Waals surface area (Å²) >= 11 is 0. The quantitative estimate of drug-likeness (QED) is 0.826. The van der Waals surface area contributed by atoms with Crippen LogP contribution in [0.25, 0.3) is 0 Å². The number of rotatable bonds is 1. The van der Waals surface area contributed by atoms with E-state index in [0.717, 1.165) is 28.4 Å². The van der Waals surface area contributed by atoms with Gasteiger partial charge in [-0.15, -0.1) is 0 Å². The Bertz CT molecular complexity index is 664. The lowest BCUT2D eigenvalue weighted by molar-refractivity contribution is -0.120. The van der Waals surface area contributed by atoms with Crippen LogP contribution in [0.2, 0.25) is 0 Å². The third-order valence-electron chi connectivity index (χ3n) is 3.92. The molecule has 19 heavy (non-hydrogen) atoms. The highest BCUT2D eigenvalue weighted by atomic mass is 32.2. The molecule has 0 atom stereocenters. The number of amides is 1. The predicted octanol–water partition coefficient (Wildman–Crippen LogP) is 0.787. The summed E-state index contributed by atoms with van der Waals surface area (Å²) in [5.74, 6) is -0.355. The molecule has 0 aliphatic carbocycles. The van der Waals surface area contributed by atoms with Crippen LogP contribution in [0, 0.1) is 0 Å². The number of hydrogen-bond donors (Lipinski definition) is 1. The number of benzene rings is 1. The Balaban J connectivity index is 2.13. The number of sulfonamides is 1. The first kappa shape index (κ1) is 12.6. The van der Waals surface area contributed by atoms with E-state index in [2.05, 4.69) is 5.32 Å². The molecule has 1 aromatic carbocycles. The van der Waals surface area contributed by atoms with E-state index in [-0.39, 0.29) is 5.91 Å². The second-order valence-electron chi connectivity index (χ2n) is 5.43. The fourth-order valence-electron chi connectivity index (χ4n) is 2.58. The fourth-order valence-corrected chi connectivity index (χ4v) is 4.09. The summed E-state index contributed by atoms with van der Waals surface area (Å²) in [7, 11) is -3.58. The second-order valence-corrected chi connectivity index (χ2v) is 7.76. The average molecular weight is 280 g/mol. The monoisotopic (exact) mass is 280 g/mol. The van der Waals surface area contributed by atoms with E-state index in [0.29, 0.717) is 12.2 Å². The van der Waals surface area contributed by atoms with Gasteiger partial charge in [0.15, 0.2) is 4.75 Å². The van der Waals surface area contributed by atoms with Gasteiger partial charge in [0.1, 0.15) is 0 Å². The molecule has 0 radical (unpaired) electrons. The molecule has 0 bridgehead atoms. The molecule has 5 nitrogen and oxygen atoms in total. The largest absolute Gasteiger partial charge is 0.312 e. The molecular weight excluding hydrogens is 264 g/mol. The van der Waals surface area contributed by atoms with E-state index in [1.165, 1.54) is 13.8 Å². The van der Waals surface area contributed by atoms with Crippen LogP contribution in [0.1, 0.15) is 25.0 Å². The molecule has 6 heteroatoms. The van der Waals surface area contributed by atoms with Crippen molar-refractivity contribution < 1.29 is 13.2 Å². The van der Waals surface area contributed by atoms with Gasteiger partial charge in [0.05, 0.1) is 5.69 Å². The first-order chi connectivity index (χ1) is 8.87. The van der Waals surface area contributed by atoms with Crippen molar-refractivity contribution in [3.8, 4) is 0 Å². The predicted molar refractivity (Wildman–Crippen MR) is 72.3 cm³/mol. The van der Waals surface area contributed by atoms with Gasteiger partial charge < -0.3 is 5.32 Å². The Labute approximate surface area is 112 Å². The maximum atomic E-state index is 12.3. The zero-order valence-corrected chi connectivity index (χ0v) is 11.8. The zero-order valence-electron chi connectivity index (χ0n) is 10.9. The number of carbonyl (C=O) groups excluding carboxylic acids is 1. The Hall–Kier alpha value is -1.40. The van der Waals surface area contributed by atoms with Crippen LogP contribution in [0.5, 0.6) is 0 Å². The molecule has 0 aromatic heterocycles. The Morgan fingerprint density at radius 2 is 2.05 bits per heavy atom. The van der Waals surface area contributed by atoms with Crippen molar-refractivity contribution >= 4 is 21.6 Å². The maximum Gasteiger partial charge on any atom is 0.263 e. The van der Waals surface area contributed by atoms with Crippen molar-refractivity contribution in [3.05, 3.63) is 29.3 Å². The minimum absolute atomic E-state index is 0.355. The molecule has 1 fully saturated rings. The molecule has 1 aromatic rings. The number of nitrogens with zero attached hydrogens (tertiary/aromatic N) is 1. The smallest absolute Gasteiger partial charge is 0.263 e. The van der Waals surface area contributed by atoms with E-state index in [1.54, 1.807) is 6.07 Å². The van der Waals surface area contributed by atoms with E-state index in [1.807, 2.05) is 12.1 Å². The number of anilines is 1. The van der Waals surface area contributed by atoms with Gasteiger partial charge in [-0.2, -0.15) is 0 Å². The van der Waals surface area contributed by atoms with Gasteiger partial charge in [-0.3, -0.25) is 4.79 Å². The van der Waals surface area contributed by atoms with E-state index >= 15 is 0 Å². The second kappa shape index (κ2) is 3.80. The highest BCUT2D eigenvalue weighted by Crippen LogP contribution is 2.41. The molecule has 0 unspecified atom stereocenters. The van der Waals surface area contributed by atoms with E-state index in [4.69, 9.17) is 0 Å². The Morgan fingerprint density at radius 3 is 2.74 bits per heavy atom. The first-order valence-corrected chi connectivity index (χ1v) is 7.72. The van der Waals surface area contributed by atoms with Gasteiger partial charge in [-0.05, 0) is 44.0 Å². The topological polar surface area (TPSA) is 66.5 Å². The Morgan fingerprint density at radius 1 is 1.32 bits per heavy atom. The van der Waals surface area contributed by atoms with E-state index in [9.17, 15) is 13.2 Å². The summed E-state index contributed by atoms with van der Waals surface area (Å²) in [6.45, 7) is 4.39. The molecule has 1 amide bonds. The average Bonchev–Trinajstić information content (AvgIpc) is 2.38. The molecule has 1 saturated heterocycles. The van der Waals surface area contributed by atoms with Gasteiger partial charge in [-0.1, -0.05) is 12.1 Å². The summed E-state index contributed by atoms with van der Waals surface area (Å²) in [4.78, 5) is 12.1. The molecule has 0 saturated carbocycles. The van der Waals surface area contributed by atoms with Crippen molar-refractivity contribution in [1.82, 2.24) is 5.32 Å². The van der Waals surface area contributed by atoms with Crippen LogP contribution < -0.4 is 9.62 Å². The minimum atomic E-state index is -3.58. The first-order valence-electron chi connectivity index (χ1n) is 6.28. The number of nitrogens with one attached hydrogen (secondary N) is 1. The third-order valence-corrected chi connectivity index (χ3v) is 6.23. The summed E-state index contributed by atoms with van der Waals surface area (Å²) in [5, 5.41) is 3.21. The number of carbonyl (C=O) groups is 1. The van der Waals surface area contributed by atoms with Gasteiger partial charge in [0, 0.05) is 6.54 Å². The van der Waals surface area contributed by atoms with Crippen molar-refractivity contribution in [2.75, 3.05) is 10.8 Å². The standard InChI is InChI=1S/C13H16N2O3S/c1-13(2)12(16)15(19(13,17)18)11-5-3-4-9-6-7-14-8-10(9)11/h3-5,14H,6-8H2,1-2H3. The van der Waals surface area contributed by atoms with Crippen molar-refractivity contribution in [2.45, 2.75) is 31.6 Å². The number of hydrogen-bond acceptors (Lipinski definition) is 4. The summed E-state index contributed by atoms with van der Waals surface area (Å²) < 4.78 is 24.2. The summed E-state index contributed by atoms with van der Waals surface area (Å²) in [6.07, 6.45) is 0.856. The summed E-state index contributed by atoms with van der Waals surface area (Å²) in [6, 6.07) is 5.51. The fraction of sp³-hybridized carbons (Fsp3) is 0.462. The molecule has 3 rings (SSSR count). The highest BCUT2D eigenvalue weighted by molar-refractivity contribution is 7.98. The minimum Gasteiger partial charge on any atom is -0.312 e. The maximum absolute atomic E-state index is 12.3. The molecule has 102 valence electrons. The third kappa shape index (κ3) is 1.50. The number of fused-ring (bicyclic) bond motifs is 1. The van der Waals surface area contributed by atoms with Gasteiger partial charge in [0.2, 0.25) is 0 Å². The van der Waals surface area contributed by atoms with Crippen LogP contribution in [-0.2, 0) is 27.8 Å². The van der Waals surface area contributed by atoms with E-state index < -0.39 is 14.8 Å². The highest BCUT2D eigenvalue weighted by Gasteiger charge is 2.61. The molecule has 1 N–H and O–H groups in total. The lowest BCUT2D eigenvalue weighted by Crippen LogP contribution is -2.68. The van der Waals surface area contributed by atoms with Crippen LogP contribution in [0.3, 0.4) is 0 Å². The van der Waals surface area contributed by atoms with Crippen LogP contribution in [0.4, 0.5) is 5.69 Å². The molecule has 2 aliphatic heterocycles. The van der Waals surface area contributed by atoms with Crippen molar-refractivity contribution in [3.63, 3.8) is 0 Å². The van der Waals surface area contributed by atoms with Crippen LogP contribution in [-0.4, -0.2) is 25.6 Å². The lowest BCUT2D eigenvalue weighted by Gasteiger charge is -2.44. The van der Waals surface area contributed by atoms with Crippen LogP contribution >= 0.6 is 0 Å². The molecule has 2 heterocycles. The molecule has 0 spiro atoms. The van der Waals surface area contributed by atoms with Gasteiger partial charge in [0.25, 0.3) is 15.9 Å².